The highest BCUT2D eigenvalue weighted by atomic mass is 16.4. The van der Waals surface area contributed by atoms with E-state index in [9.17, 15) is 9.59 Å². The molecule has 0 spiro atoms. The molecule has 0 aliphatic heterocycles. The van der Waals surface area contributed by atoms with Crippen LogP contribution in [0.5, 0.6) is 0 Å². The van der Waals surface area contributed by atoms with E-state index in [1.807, 2.05) is 0 Å². The Bertz CT molecular complexity index is 523. The van der Waals surface area contributed by atoms with Crippen LogP contribution in [0.4, 0.5) is 0 Å². The van der Waals surface area contributed by atoms with Crippen molar-refractivity contribution in [2.75, 3.05) is 0 Å². The molecule has 0 fully saturated rings. The van der Waals surface area contributed by atoms with Gasteiger partial charge in [0.25, 0.3) is 5.91 Å². The summed E-state index contributed by atoms with van der Waals surface area (Å²) >= 11 is 0. The first-order chi connectivity index (χ1) is 8.42. The Morgan fingerprint density at radius 2 is 2.33 bits per heavy atom. The first-order valence-electron chi connectivity index (χ1n) is 5.42. The highest BCUT2D eigenvalue weighted by molar-refractivity contribution is 5.99. The first kappa shape index (κ1) is 13.8. The molecule has 18 heavy (non-hydrogen) atoms. The molecule has 0 radical (unpaired) electrons. The van der Waals surface area contributed by atoms with Crippen molar-refractivity contribution in [2.45, 2.75) is 25.8 Å². The Kier molecular flexibility index (Phi) is 4.09. The van der Waals surface area contributed by atoms with Gasteiger partial charge in [-0.2, -0.15) is 0 Å². The molecular weight excluding hydrogens is 236 g/mol. The van der Waals surface area contributed by atoms with Crippen LogP contribution in [0, 0.1) is 0 Å². The van der Waals surface area contributed by atoms with Gasteiger partial charge in [-0.25, -0.2) is 0 Å². The standard InChI is InChI=1S/C11H16N4O3/c1-3-11(2,10(12)15-18)14-9(17)7-4-5-13-8(16)6-7/h4-6,18H,3H2,1-2H3,(H2,12,15)(H,13,16)(H,14,17). The van der Waals surface area contributed by atoms with Gasteiger partial charge in [0.05, 0.1) is 5.54 Å². The zero-order valence-electron chi connectivity index (χ0n) is 10.2. The van der Waals surface area contributed by atoms with Gasteiger partial charge in [0.1, 0.15) is 0 Å². The number of aromatic amines is 1. The van der Waals surface area contributed by atoms with Gasteiger partial charge in [0.15, 0.2) is 5.84 Å². The van der Waals surface area contributed by atoms with E-state index in [-0.39, 0.29) is 17.0 Å². The largest absolute Gasteiger partial charge is 0.409 e. The van der Waals surface area contributed by atoms with Crippen molar-refractivity contribution in [2.24, 2.45) is 10.9 Å². The highest BCUT2D eigenvalue weighted by Crippen LogP contribution is 2.10. The summed E-state index contributed by atoms with van der Waals surface area (Å²) in [5.74, 6) is -0.555. The number of carbonyl (C=O) groups is 1. The Morgan fingerprint density at radius 3 is 2.83 bits per heavy atom. The van der Waals surface area contributed by atoms with E-state index in [1.54, 1.807) is 13.8 Å². The molecule has 98 valence electrons. The van der Waals surface area contributed by atoms with Gasteiger partial charge in [0, 0.05) is 17.8 Å². The summed E-state index contributed by atoms with van der Waals surface area (Å²) in [6.45, 7) is 3.42. The SMILES string of the molecule is CCC(C)(NC(=O)c1cc[nH]c(=O)c1)/C(N)=N/O. The number of amidine groups is 1. The number of nitrogens with two attached hydrogens (primary N) is 1. The quantitative estimate of drug-likeness (QED) is 0.261. The minimum absolute atomic E-state index is 0.0943. The lowest BCUT2D eigenvalue weighted by molar-refractivity contribution is 0.0924. The average molecular weight is 252 g/mol. The summed E-state index contributed by atoms with van der Waals surface area (Å²) in [6.07, 6.45) is 1.82. The second-order valence-corrected chi connectivity index (χ2v) is 4.07. The molecule has 7 heteroatoms. The number of amides is 1. The summed E-state index contributed by atoms with van der Waals surface area (Å²) in [7, 11) is 0. The summed E-state index contributed by atoms with van der Waals surface area (Å²) in [6, 6.07) is 2.65. The Labute approximate surface area is 104 Å². The van der Waals surface area contributed by atoms with Crippen LogP contribution in [0.3, 0.4) is 0 Å². The van der Waals surface area contributed by atoms with Crippen LogP contribution in [0.25, 0.3) is 0 Å². The van der Waals surface area contributed by atoms with E-state index in [4.69, 9.17) is 10.9 Å². The second kappa shape index (κ2) is 5.35. The number of oxime groups is 1. The molecule has 0 aliphatic rings. The van der Waals surface area contributed by atoms with Crippen molar-refractivity contribution in [3.05, 3.63) is 34.2 Å². The smallest absolute Gasteiger partial charge is 0.252 e. The molecule has 1 atom stereocenters. The van der Waals surface area contributed by atoms with Crippen molar-refractivity contribution < 1.29 is 10.0 Å². The van der Waals surface area contributed by atoms with E-state index < -0.39 is 11.4 Å². The highest BCUT2D eigenvalue weighted by Gasteiger charge is 2.29. The van der Waals surface area contributed by atoms with Crippen LogP contribution in [-0.2, 0) is 0 Å². The molecule has 0 aromatic carbocycles. The number of pyridine rings is 1. The van der Waals surface area contributed by atoms with Gasteiger partial charge in [0.2, 0.25) is 5.56 Å². The maximum Gasteiger partial charge on any atom is 0.252 e. The van der Waals surface area contributed by atoms with E-state index >= 15 is 0 Å². The number of hydrogen-bond acceptors (Lipinski definition) is 4. The minimum Gasteiger partial charge on any atom is -0.409 e. The van der Waals surface area contributed by atoms with Crippen molar-refractivity contribution in [1.29, 1.82) is 0 Å². The maximum atomic E-state index is 11.9. The molecular formula is C11H16N4O3. The van der Waals surface area contributed by atoms with Gasteiger partial charge >= 0.3 is 0 Å². The van der Waals surface area contributed by atoms with Gasteiger partial charge in [-0.05, 0) is 19.4 Å². The van der Waals surface area contributed by atoms with Crippen molar-refractivity contribution >= 4 is 11.7 Å². The molecule has 5 N–H and O–H groups in total. The molecule has 1 rings (SSSR count). The predicted octanol–water partition coefficient (Wildman–Crippen LogP) is 0.0198. The monoisotopic (exact) mass is 252 g/mol. The lowest BCUT2D eigenvalue weighted by atomic mass is 9.97. The molecule has 1 aromatic heterocycles. The second-order valence-electron chi connectivity index (χ2n) is 4.07. The number of rotatable bonds is 4. The number of H-pyrrole nitrogens is 1. The van der Waals surface area contributed by atoms with Crippen LogP contribution >= 0.6 is 0 Å². The molecule has 1 aromatic rings. The van der Waals surface area contributed by atoms with Gasteiger partial charge in [-0.1, -0.05) is 12.1 Å². The van der Waals surface area contributed by atoms with Gasteiger partial charge < -0.3 is 21.2 Å². The Hall–Kier alpha value is -2.31. The topological polar surface area (TPSA) is 121 Å². The zero-order chi connectivity index (χ0) is 13.8. The normalized spacial score (nSPS) is 14.9. The lowest BCUT2D eigenvalue weighted by Crippen LogP contribution is -2.55. The third-order valence-electron chi connectivity index (χ3n) is 2.81. The number of nitrogens with zero attached hydrogens (tertiary/aromatic N) is 1. The number of carbonyl (C=O) groups excluding carboxylic acids is 1. The van der Waals surface area contributed by atoms with Crippen molar-refractivity contribution in [1.82, 2.24) is 10.3 Å². The summed E-state index contributed by atoms with van der Waals surface area (Å²) in [4.78, 5) is 25.4. The molecule has 7 nitrogen and oxygen atoms in total. The van der Waals surface area contributed by atoms with Crippen LogP contribution in [0.1, 0.15) is 30.6 Å². The molecule has 1 heterocycles. The van der Waals surface area contributed by atoms with Crippen LogP contribution in [0.15, 0.2) is 28.3 Å². The average Bonchev–Trinajstić information content (AvgIpc) is 2.37. The number of hydrogen-bond donors (Lipinski definition) is 4. The fraction of sp³-hybridized carbons (Fsp3) is 0.364. The van der Waals surface area contributed by atoms with Crippen LogP contribution < -0.4 is 16.6 Å². The molecule has 0 bridgehead atoms. The molecule has 0 saturated carbocycles. The summed E-state index contributed by atoms with van der Waals surface area (Å²) < 4.78 is 0. The van der Waals surface area contributed by atoms with Gasteiger partial charge in [-0.3, -0.25) is 9.59 Å². The maximum absolute atomic E-state index is 11.9. The minimum atomic E-state index is -0.964. The van der Waals surface area contributed by atoms with E-state index in [0.29, 0.717) is 6.42 Å². The fourth-order valence-electron chi connectivity index (χ4n) is 1.35. The molecule has 0 aliphatic carbocycles. The fourth-order valence-corrected chi connectivity index (χ4v) is 1.35. The molecule has 1 amide bonds. The van der Waals surface area contributed by atoms with E-state index in [2.05, 4.69) is 15.5 Å². The Balaban J connectivity index is 2.97. The number of aromatic nitrogens is 1. The lowest BCUT2D eigenvalue weighted by Gasteiger charge is -2.27. The van der Waals surface area contributed by atoms with Crippen molar-refractivity contribution in [3.63, 3.8) is 0 Å². The molecule has 0 saturated heterocycles. The van der Waals surface area contributed by atoms with E-state index in [0.717, 1.165) is 0 Å². The third kappa shape index (κ3) is 2.88. The van der Waals surface area contributed by atoms with Crippen molar-refractivity contribution in [3.8, 4) is 0 Å². The molecule has 1 unspecified atom stereocenters. The summed E-state index contributed by atoms with van der Waals surface area (Å²) in [5.41, 5.74) is 4.41. The van der Waals surface area contributed by atoms with Gasteiger partial charge in [-0.15, -0.1) is 0 Å². The predicted molar refractivity (Wildman–Crippen MR) is 66.6 cm³/mol. The van der Waals surface area contributed by atoms with E-state index in [1.165, 1.54) is 18.3 Å². The third-order valence-corrected chi connectivity index (χ3v) is 2.81. The zero-order valence-corrected chi connectivity index (χ0v) is 10.2. The van der Waals surface area contributed by atoms with Crippen LogP contribution in [0.2, 0.25) is 0 Å². The first-order valence-corrected chi connectivity index (χ1v) is 5.42. The Morgan fingerprint density at radius 1 is 1.67 bits per heavy atom. The van der Waals surface area contributed by atoms with Crippen LogP contribution in [-0.4, -0.2) is 27.5 Å². The number of nitrogens with one attached hydrogen (secondary N) is 2. The summed E-state index contributed by atoms with van der Waals surface area (Å²) in [5, 5.41) is 14.2.